The highest BCUT2D eigenvalue weighted by atomic mass is 19.1. The molecule has 3 heterocycles. The van der Waals surface area contributed by atoms with Crippen molar-refractivity contribution in [3.05, 3.63) is 36.5 Å². The number of anilines is 1. The van der Waals surface area contributed by atoms with E-state index in [9.17, 15) is 19.1 Å². The number of carbonyl (C=O) groups is 2. The van der Waals surface area contributed by atoms with Gasteiger partial charge in [-0.25, -0.2) is 28.9 Å². The summed E-state index contributed by atoms with van der Waals surface area (Å²) in [6.45, 7) is 6.32. The molecule has 39 heavy (non-hydrogen) atoms. The summed E-state index contributed by atoms with van der Waals surface area (Å²) in [6.07, 6.45) is 2.44. The number of imidazole rings is 1. The van der Waals surface area contributed by atoms with Crippen LogP contribution in [0.1, 0.15) is 27.2 Å². The number of fused-ring (bicyclic) bond motifs is 1. The van der Waals surface area contributed by atoms with Gasteiger partial charge >= 0.3 is 12.1 Å². The van der Waals surface area contributed by atoms with Crippen molar-refractivity contribution in [1.29, 1.82) is 0 Å². The van der Waals surface area contributed by atoms with Crippen molar-refractivity contribution in [2.24, 2.45) is 0 Å². The van der Waals surface area contributed by atoms with Crippen molar-refractivity contribution >= 4 is 29.0 Å². The number of aromatic nitrogens is 4. The number of methoxy groups -OCH3 is 1. The third-order valence-electron chi connectivity index (χ3n) is 6.36. The van der Waals surface area contributed by atoms with Crippen molar-refractivity contribution in [3.63, 3.8) is 0 Å². The number of benzene rings is 1. The van der Waals surface area contributed by atoms with E-state index in [4.69, 9.17) is 9.47 Å². The molecule has 1 fully saturated rings. The Hall–Kier alpha value is -3.84. The Labute approximate surface area is 225 Å². The molecule has 3 N–H and O–H groups in total. The SMILES string of the molecule is CNCC(Cn1cnc2c(F)ccc(-c3ccnc(N[C@H]4C[C@@H](C(=O)O)N(C(=O)OC(C)(C)C)C4)n3)c21)OC. The van der Waals surface area contributed by atoms with E-state index in [1.807, 2.05) is 11.6 Å². The highest BCUT2D eigenvalue weighted by molar-refractivity contribution is 5.91. The van der Waals surface area contributed by atoms with E-state index in [1.54, 1.807) is 52.5 Å². The summed E-state index contributed by atoms with van der Waals surface area (Å²) in [7, 11) is 3.45. The lowest BCUT2D eigenvalue weighted by atomic mass is 10.1. The summed E-state index contributed by atoms with van der Waals surface area (Å²) in [5, 5.41) is 15.9. The summed E-state index contributed by atoms with van der Waals surface area (Å²) in [5.41, 5.74) is 1.21. The highest BCUT2D eigenvalue weighted by Gasteiger charge is 2.42. The van der Waals surface area contributed by atoms with E-state index < -0.39 is 35.6 Å². The Balaban J connectivity index is 1.60. The molecule has 2 aromatic heterocycles. The number of aliphatic carboxylic acids is 1. The standard InChI is InChI=1S/C26H34FN7O5/c1-26(2,3)39-25(37)34-12-15(10-20(34)23(35)36)31-24-29-9-8-19(32-24)17-6-7-18(27)21-22(17)33(14-30-21)13-16(38-5)11-28-4/h6-9,14-16,20,28H,10-13H2,1-5H3,(H,35,36)(H,29,31,32)/t15-,16?,20-/m0/s1. The van der Waals surface area contributed by atoms with Gasteiger partial charge in [0.15, 0.2) is 5.82 Å². The van der Waals surface area contributed by atoms with Gasteiger partial charge < -0.3 is 29.8 Å². The Morgan fingerprint density at radius 1 is 1.26 bits per heavy atom. The van der Waals surface area contributed by atoms with Crippen LogP contribution in [0.2, 0.25) is 0 Å². The summed E-state index contributed by atoms with van der Waals surface area (Å²) in [4.78, 5) is 38.9. The summed E-state index contributed by atoms with van der Waals surface area (Å²) >= 11 is 0. The highest BCUT2D eigenvalue weighted by Crippen LogP contribution is 2.30. The van der Waals surface area contributed by atoms with Crippen LogP contribution in [0.15, 0.2) is 30.7 Å². The van der Waals surface area contributed by atoms with Crippen LogP contribution < -0.4 is 10.6 Å². The molecule has 1 aromatic carbocycles. The number of carbonyl (C=O) groups excluding carboxylic acids is 1. The van der Waals surface area contributed by atoms with Crippen LogP contribution in [-0.4, -0.2) is 92.6 Å². The molecule has 1 unspecified atom stereocenters. The van der Waals surface area contributed by atoms with Crippen LogP contribution in [0.5, 0.6) is 0 Å². The van der Waals surface area contributed by atoms with E-state index >= 15 is 0 Å². The fraction of sp³-hybridized carbons (Fsp3) is 0.500. The van der Waals surface area contributed by atoms with E-state index in [0.717, 1.165) is 0 Å². The Morgan fingerprint density at radius 2 is 2.03 bits per heavy atom. The molecule has 4 rings (SSSR count). The number of ether oxygens (including phenoxy) is 2. The van der Waals surface area contributed by atoms with Crippen LogP contribution in [0, 0.1) is 5.82 Å². The maximum atomic E-state index is 14.7. The number of rotatable bonds is 9. The number of hydrogen-bond donors (Lipinski definition) is 3. The van der Waals surface area contributed by atoms with Crippen LogP contribution in [0.4, 0.5) is 15.1 Å². The van der Waals surface area contributed by atoms with Crippen LogP contribution >= 0.6 is 0 Å². The van der Waals surface area contributed by atoms with Crippen molar-refractivity contribution in [2.75, 3.05) is 32.6 Å². The van der Waals surface area contributed by atoms with Gasteiger partial charge in [0.25, 0.3) is 0 Å². The van der Waals surface area contributed by atoms with Crippen molar-refractivity contribution in [1.82, 2.24) is 29.7 Å². The molecule has 0 bridgehead atoms. The van der Waals surface area contributed by atoms with Crippen molar-refractivity contribution < 1.29 is 28.6 Å². The summed E-state index contributed by atoms with van der Waals surface area (Å²) < 4.78 is 27.4. The molecule has 1 amide bonds. The van der Waals surface area contributed by atoms with Gasteiger partial charge in [0, 0.05) is 44.4 Å². The first-order valence-corrected chi connectivity index (χ1v) is 12.6. The molecule has 1 aliphatic rings. The topological polar surface area (TPSA) is 144 Å². The van der Waals surface area contributed by atoms with Gasteiger partial charge in [-0.1, -0.05) is 0 Å². The molecular formula is C26H34FN7O5. The van der Waals surface area contributed by atoms with Crippen molar-refractivity contribution in [2.45, 2.75) is 57.5 Å². The molecule has 0 radical (unpaired) electrons. The van der Waals surface area contributed by atoms with Crippen LogP contribution in [0.3, 0.4) is 0 Å². The third kappa shape index (κ3) is 6.42. The average molecular weight is 544 g/mol. The minimum absolute atomic E-state index is 0.108. The molecule has 3 aromatic rings. The first kappa shape index (κ1) is 28.2. The molecule has 0 spiro atoms. The Kier molecular flexibility index (Phi) is 8.31. The zero-order chi connectivity index (χ0) is 28.3. The number of carboxylic acid groups (broad SMARTS) is 1. The lowest BCUT2D eigenvalue weighted by Crippen LogP contribution is -2.43. The first-order valence-electron chi connectivity index (χ1n) is 12.6. The minimum Gasteiger partial charge on any atom is -0.480 e. The van der Waals surface area contributed by atoms with Gasteiger partial charge in [-0.15, -0.1) is 0 Å². The van der Waals surface area contributed by atoms with Gasteiger partial charge in [0.05, 0.1) is 30.2 Å². The van der Waals surface area contributed by atoms with E-state index in [0.29, 0.717) is 29.9 Å². The molecule has 13 heteroatoms. The van der Waals surface area contributed by atoms with Gasteiger partial charge in [-0.3, -0.25) is 4.90 Å². The number of likely N-dealkylation sites (tertiary alicyclic amines) is 1. The fourth-order valence-corrected chi connectivity index (χ4v) is 4.63. The van der Waals surface area contributed by atoms with Gasteiger partial charge in [0.1, 0.15) is 17.2 Å². The van der Waals surface area contributed by atoms with E-state index in [2.05, 4.69) is 25.6 Å². The zero-order valence-corrected chi connectivity index (χ0v) is 22.6. The monoisotopic (exact) mass is 543 g/mol. The number of hydrogen-bond acceptors (Lipinski definition) is 9. The van der Waals surface area contributed by atoms with Gasteiger partial charge in [0.2, 0.25) is 5.95 Å². The fourth-order valence-electron chi connectivity index (χ4n) is 4.63. The lowest BCUT2D eigenvalue weighted by Gasteiger charge is -2.26. The quantitative estimate of drug-likeness (QED) is 0.369. The van der Waals surface area contributed by atoms with Gasteiger partial charge in [-0.2, -0.15) is 0 Å². The summed E-state index contributed by atoms with van der Waals surface area (Å²) in [5.74, 6) is -1.31. The first-order chi connectivity index (χ1) is 18.5. The predicted octanol–water partition coefficient (Wildman–Crippen LogP) is 2.74. The zero-order valence-electron chi connectivity index (χ0n) is 22.6. The minimum atomic E-state index is -1.12. The second-order valence-electron chi connectivity index (χ2n) is 10.4. The maximum absolute atomic E-state index is 14.7. The second kappa shape index (κ2) is 11.5. The van der Waals surface area contributed by atoms with Crippen molar-refractivity contribution in [3.8, 4) is 11.3 Å². The number of nitrogens with zero attached hydrogens (tertiary/aromatic N) is 5. The molecule has 0 aliphatic carbocycles. The average Bonchev–Trinajstić information content (AvgIpc) is 3.49. The smallest absolute Gasteiger partial charge is 0.411 e. The Bertz CT molecular complexity index is 1340. The molecular weight excluding hydrogens is 509 g/mol. The predicted molar refractivity (Wildman–Crippen MR) is 142 cm³/mol. The number of halogens is 1. The van der Waals surface area contributed by atoms with E-state index in [1.165, 1.54) is 11.0 Å². The van der Waals surface area contributed by atoms with E-state index in [-0.39, 0.29) is 30.5 Å². The second-order valence-corrected chi connectivity index (χ2v) is 10.4. The third-order valence-corrected chi connectivity index (χ3v) is 6.36. The molecule has 1 aliphatic heterocycles. The lowest BCUT2D eigenvalue weighted by molar-refractivity contribution is -0.142. The molecule has 12 nitrogen and oxygen atoms in total. The molecule has 0 saturated carbocycles. The number of carboxylic acids is 1. The van der Waals surface area contributed by atoms with Gasteiger partial charge in [-0.05, 0) is 46.0 Å². The largest absolute Gasteiger partial charge is 0.480 e. The molecule has 1 saturated heterocycles. The Morgan fingerprint density at radius 3 is 2.69 bits per heavy atom. The normalized spacial score (nSPS) is 18.4. The van der Waals surface area contributed by atoms with Crippen LogP contribution in [0.25, 0.3) is 22.3 Å². The van der Waals surface area contributed by atoms with Crippen LogP contribution in [-0.2, 0) is 20.8 Å². The molecule has 210 valence electrons. The maximum Gasteiger partial charge on any atom is 0.411 e. The number of nitrogens with one attached hydrogen (secondary N) is 2. The summed E-state index contributed by atoms with van der Waals surface area (Å²) in [6, 6.07) is 3.23. The number of amides is 1. The number of likely N-dealkylation sites (N-methyl/N-ethyl adjacent to an activating group) is 1. The molecule has 3 atom stereocenters.